The van der Waals surface area contributed by atoms with E-state index in [4.69, 9.17) is 0 Å². The Hall–Kier alpha value is -1.83. The molecule has 1 saturated heterocycles. The van der Waals surface area contributed by atoms with Crippen LogP contribution < -0.4 is 0 Å². The molecule has 0 atom stereocenters. The van der Waals surface area contributed by atoms with E-state index < -0.39 is 17.8 Å². The van der Waals surface area contributed by atoms with Crippen molar-refractivity contribution >= 4 is 17.8 Å². The second kappa shape index (κ2) is 4.79. The van der Waals surface area contributed by atoms with Crippen LogP contribution in [0.2, 0.25) is 0 Å². The Bertz CT molecular complexity index is 390. The first-order valence-electron chi connectivity index (χ1n) is 5.06. The number of imide groups is 2. The summed E-state index contributed by atoms with van der Waals surface area (Å²) in [5.74, 6) is 3.78. The smallest absolute Gasteiger partial charge is 0.263 e. The van der Waals surface area contributed by atoms with Crippen molar-refractivity contribution in [3.8, 4) is 11.8 Å². The predicted molar refractivity (Wildman–Crippen MR) is 57.1 cm³/mol. The van der Waals surface area contributed by atoms with Gasteiger partial charge in [-0.05, 0) is 12.8 Å². The second-order valence-electron chi connectivity index (χ2n) is 3.91. The first-order chi connectivity index (χ1) is 7.49. The summed E-state index contributed by atoms with van der Waals surface area (Å²) in [5, 5.41) is 0. The molecule has 16 heavy (non-hydrogen) atoms. The fraction of sp³-hybridized carbons (Fsp3) is 0.545. The molecule has 0 aromatic carbocycles. The zero-order valence-corrected chi connectivity index (χ0v) is 9.61. The highest BCUT2D eigenvalue weighted by molar-refractivity contribution is 6.44. The Morgan fingerprint density at radius 2 is 1.69 bits per heavy atom. The van der Waals surface area contributed by atoms with Crippen LogP contribution >= 0.6 is 0 Å². The fourth-order valence-corrected chi connectivity index (χ4v) is 1.37. The van der Waals surface area contributed by atoms with Crippen molar-refractivity contribution in [2.75, 3.05) is 13.1 Å². The van der Waals surface area contributed by atoms with E-state index in [-0.39, 0.29) is 19.0 Å². The average molecular weight is 222 g/mol. The molecule has 1 aliphatic rings. The van der Waals surface area contributed by atoms with Gasteiger partial charge in [0.05, 0.1) is 6.54 Å². The van der Waals surface area contributed by atoms with Crippen LogP contribution in [-0.4, -0.2) is 40.7 Å². The number of urea groups is 1. The Labute approximate surface area is 94.4 Å². The molecule has 1 rings (SSSR count). The number of nitrogens with zero attached hydrogens (tertiary/aromatic N) is 2. The van der Waals surface area contributed by atoms with Gasteiger partial charge in [0.15, 0.2) is 0 Å². The first-order valence-corrected chi connectivity index (χ1v) is 5.06. The van der Waals surface area contributed by atoms with Gasteiger partial charge in [0.2, 0.25) is 0 Å². The number of hydrogen-bond acceptors (Lipinski definition) is 3. The molecule has 0 aliphatic carbocycles. The molecule has 0 aromatic heterocycles. The Balaban J connectivity index is 2.84. The molecule has 0 bridgehead atoms. The van der Waals surface area contributed by atoms with Crippen molar-refractivity contribution in [2.45, 2.75) is 20.8 Å². The van der Waals surface area contributed by atoms with Crippen LogP contribution in [0.1, 0.15) is 20.8 Å². The molecule has 1 fully saturated rings. The summed E-state index contributed by atoms with van der Waals surface area (Å²) in [5.41, 5.74) is 0. The second-order valence-corrected chi connectivity index (χ2v) is 3.91. The lowest BCUT2D eigenvalue weighted by Crippen LogP contribution is -2.35. The van der Waals surface area contributed by atoms with Crippen molar-refractivity contribution in [1.29, 1.82) is 0 Å². The van der Waals surface area contributed by atoms with Crippen LogP contribution in [0.5, 0.6) is 0 Å². The molecule has 0 N–H and O–H groups in total. The van der Waals surface area contributed by atoms with Crippen molar-refractivity contribution in [1.82, 2.24) is 9.80 Å². The van der Waals surface area contributed by atoms with Gasteiger partial charge in [0.25, 0.3) is 0 Å². The van der Waals surface area contributed by atoms with Crippen LogP contribution in [0.4, 0.5) is 4.79 Å². The lowest BCUT2D eigenvalue weighted by atomic mass is 10.2. The normalized spacial score (nSPS) is 15.9. The van der Waals surface area contributed by atoms with Crippen LogP contribution in [0, 0.1) is 17.8 Å². The molecule has 4 amide bonds. The molecule has 0 radical (unpaired) electrons. The summed E-state index contributed by atoms with van der Waals surface area (Å²) in [7, 11) is 0. The van der Waals surface area contributed by atoms with Crippen molar-refractivity contribution in [3.05, 3.63) is 0 Å². The largest absolute Gasteiger partial charge is 0.335 e. The van der Waals surface area contributed by atoms with E-state index in [1.807, 2.05) is 13.8 Å². The van der Waals surface area contributed by atoms with Gasteiger partial charge < -0.3 is 0 Å². The average Bonchev–Trinajstić information content (AvgIpc) is 2.41. The minimum absolute atomic E-state index is 0.0193. The highest BCUT2D eigenvalue weighted by Gasteiger charge is 2.43. The van der Waals surface area contributed by atoms with E-state index in [0.717, 1.165) is 9.80 Å². The molecule has 5 nitrogen and oxygen atoms in total. The molecular formula is C11H14N2O3. The van der Waals surface area contributed by atoms with Gasteiger partial charge in [-0.15, -0.1) is 5.92 Å². The maximum atomic E-state index is 11.7. The fourth-order valence-electron chi connectivity index (χ4n) is 1.37. The maximum absolute atomic E-state index is 11.7. The minimum Gasteiger partial charge on any atom is -0.263 e. The predicted octanol–water partition coefficient (Wildman–Crippen LogP) is 0.457. The van der Waals surface area contributed by atoms with E-state index in [9.17, 15) is 14.4 Å². The number of carbonyl (C=O) groups excluding carboxylic acids is 3. The van der Waals surface area contributed by atoms with Crippen LogP contribution in [-0.2, 0) is 9.59 Å². The molecule has 0 aromatic rings. The van der Waals surface area contributed by atoms with Gasteiger partial charge >= 0.3 is 17.8 Å². The van der Waals surface area contributed by atoms with E-state index in [1.165, 1.54) is 0 Å². The number of amides is 4. The van der Waals surface area contributed by atoms with Crippen molar-refractivity contribution in [3.63, 3.8) is 0 Å². The zero-order chi connectivity index (χ0) is 12.3. The molecular weight excluding hydrogens is 208 g/mol. The van der Waals surface area contributed by atoms with E-state index in [1.54, 1.807) is 6.92 Å². The number of carbonyl (C=O) groups is 3. The van der Waals surface area contributed by atoms with Crippen LogP contribution in [0.15, 0.2) is 0 Å². The molecule has 5 heteroatoms. The van der Waals surface area contributed by atoms with Gasteiger partial charge in [0, 0.05) is 6.54 Å². The zero-order valence-electron chi connectivity index (χ0n) is 9.61. The van der Waals surface area contributed by atoms with Crippen molar-refractivity contribution < 1.29 is 14.4 Å². The summed E-state index contributed by atoms with van der Waals surface area (Å²) in [4.78, 5) is 36.5. The standard InChI is InChI=1S/C11H14N2O3/c1-4-5-6-12-9(14)10(15)13(11(12)16)7-8(2)3/h8H,6-7H2,1-3H3. The molecule has 1 heterocycles. The molecule has 0 saturated carbocycles. The van der Waals surface area contributed by atoms with Gasteiger partial charge in [-0.2, -0.15) is 0 Å². The molecule has 1 aliphatic heterocycles. The number of hydrogen-bond donors (Lipinski definition) is 0. The topological polar surface area (TPSA) is 57.7 Å². The summed E-state index contributed by atoms with van der Waals surface area (Å²) in [6, 6.07) is -0.563. The van der Waals surface area contributed by atoms with Gasteiger partial charge in [-0.1, -0.05) is 19.8 Å². The highest BCUT2D eigenvalue weighted by atomic mass is 16.2. The van der Waals surface area contributed by atoms with Gasteiger partial charge in [0.1, 0.15) is 0 Å². The quantitative estimate of drug-likeness (QED) is 0.396. The van der Waals surface area contributed by atoms with Crippen LogP contribution in [0.3, 0.4) is 0 Å². The van der Waals surface area contributed by atoms with E-state index >= 15 is 0 Å². The molecule has 0 unspecified atom stereocenters. The Morgan fingerprint density at radius 1 is 1.12 bits per heavy atom. The monoisotopic (exact) mass is 222 g/mol. The summed E-state index contributed by atoms with van der Waals surface area (Å²) >= 11 is 0. The minimum atomic E-state index is -0.784. The first kappa shape index (κ1) is 12.2. The lowest BCUT2D eigenvalue weighted by Gasteiger charge is -2.15. The third kappa shape index (κ3) is 2.22. The van der Waals surface area contributed by atoms with Gasteiger partial charge in [-0.3, -0.25) is 14.5 Å². The third-order valence-corrected chi connectivity index (χ3v) is 2.10. The van der Waals surface area contributed by atoms with E-state index in [2.05, 4.69) is 11.8 Å². The van der Waals surface area contributed by atoms with Gasteiger partial charge in [-0.25, -0.2) is 9.69 Å². The highest BCUT2D eigenvalue weighted by Crippen LogP contribution is 2.13. The summed E-state index contributed by atoms with van der Waals surface area (Å²) in [6.07, 6.45) is 0. The summed E-state index contributed by atoms with van der Waals surface area (Å²) in [6.45, 7) is 5.60. The SMILES string of the molecule is CC#CCN1C(=O)C(=O)N(CC(C)C)C1=O. The van der Waals surface area contributed by atoms with Crippen molar-refractivity contribution in [2.24, 2.45) is 5.92 Å². The third-order valence-electron chi connectivity index (χ3n) is 2.10. The molecule has 0 spiro atoms. The Morgan fingerprint density at radius 3 is 2.19 bits per heavy atom. The van der Waals surface area contributed by atoms with E-state index in [0.29, 0.717) is 0 Å². The number of rotatable bonds is 3. The lowest BCUT2D eigenvalue weighted by molar-refractivity contribution is -0.143. The Kier molecular flexibility index (Phi) is 3.67. The maximum Gasteiger partial charge on any atom is 0.335 e. The molecule has 86 valence electrons. The summed E-state index contributed by atoms with van der Waals surface area (Å²) < 4.78 is 0. The van der Waals surface area contributed by atoms with Crippen LogP contribution in [0.25, 0.3) is 0 Å².